The lowest BCUT2D eigenvalue weighted by atomic mass is 10.2. The summed E-state index contributed by atoms with van der Waals surface area (Å²) in [4.78, 5) is 23.7. The smallest absolute Gasteiger partial charge is 0.347 e. The van der Waals surface area contributed by atoms with Crippen molar-refractivity contribution in [3.8, 4) is 0 Å². The van der Waals surface area contributed by atoms with Crippen LogP contribution in [0.4, 0.5) is 13.2 Å². The fraction of sp³-hybridized carbons (Fsp3) is 0.200. The molecule has 0 saturated heterocycles. The van der Waals surface area contributed by atoms with Crippen LogP contribution in [0.3, 0.4) is 0 Å². The van der Waals surface area contributed by atoms with E-state index in [1.54, 1.807) is 28.8 Å². The van der Waals surface area contributed by atoms with Crippen LogP contribution in [0.2, 0.25) is 0 Å². The lowest BCUT2D eigenvalue weighted by Crippen LogP contribution is -2.34. The fourth-order valence-electron chi connectivity index (χ4n) is 2.28. The number of nitrogens with zero attached hydrogens (tertiary/aromatic N) is 4. The molecule has 3 heterocycles. The second-order valence-corrected chi connectivity index (χ2v) is 5.17. The van der Waals surface area contributed by atoms with Crippen LogP contribution in [-0.4, -0.2) is 25.1 Å². The highest BCUT2D eigenvalue weighted by molar-refractivity contribution is 5.75. The molecule has 1 N–H and O–H groups in total. The van der Waals surface area contributed by atoms with E-state index in [0.717, 1.165) is 12.3 Å². The van der Waals surface area contributed by atoms with Crippen molar-refractivity contribution in [3.05, 3.63) is 64.5 Å². The van der Waals surface area contributed by atoms with E-state index in [1.165, 1.54) is 0 Å². The summed E-state index contributed by atoms with van der Waals surface area (Å²) in [7, 11) is 0. The minimum Gasteiger partial charge on any atom is -0.347 e. The van der Waals surface area contributed by atoms with E-state index in [4.69, 9.17) is 0 Å². The first-order chi connectivity index (χ1) is 11.9. The Morgan fingerprint density at radius 1 is 1.12 bits per heavy atom. The summed E-state index contributed by atoms with van der Waals surface area (Å²) in [5.41, 5.74) is -1.98. The minimum atomic E-state index is -4.77. The van der Waals surface area contributed by atoms with Crippen LogP contribution in [0.5, 0.6) is 0 Å². The highest BCUT2D eigenvalue weighted by Gasteiger charge is 2.34. The first kappa shape index (κ1) is 16.7. The van der Waals surface area contributed by atoms with E-state index in [0.29, 0.717) is 22.1 Å². The van der Waals surface area contributed by atoms with Crippen LogP contribution in [0, 0.1) is 0 Å². The van der Waals surface area contributed by atoms with Gasteiger partial charge in [0, 0.05) is 12.4 Å². The number of hydrogen-bond acceptors (Lipinski definition) is 4. The van der Waals surface area contributed by atoms with Gasteiger partial charge in [-0.3, -0.25) is 14.0 Å². The van der Waals surface area contributed by atoms with Gasteiger partial charge in [-0.25, -0.2) is 0 Å². The van der Waals surface area contributed by atoms with Gasteiger partial charge >= 0.3 is 6.18 Å². The predicted octanol–water partition coefficient (Wildman–Crippen LogP) is 1.23. The Hall–Kier alpha value is -3.17. The third kappa shape index (κ3) is 3.52. The van der Waals surface area contributed by atoms with Crippen molar-refractivity contribution >= 4 is 11.6 Å². The molecule has 0 aromatic carbocycles. The number of rotatable bonds is 4. The SMILES string of the molecule is O=C(Cn1cccc(C(F)(F)F)c1=O)NCc1nnc2ccccn12. The third-order valence-electron chi connectivity index (χ3n) is 3.47. The predicted molar refractivity (Wildman–Crippen MR) is 80.5 cm³/mol. The monoisotopic (exact) mass is 351 g/mol. The summed E-state index contributed by atoms with van der Waals surface area (Å²) in [5, 5.41) is 10.3. The molecule has 0 aliphatic carbocycles. The maximum Gasteiger partial charge on any atom is 0.421 e. The Morgan fingerprint density at radius 3 is 2.68 bits per heavy atom. The van der Waals surface area contributed by atoms with Gasteiger partial charge in [0.05, 0.1) is 6.54 Å². The second kappa shape index (κ2) is 6.38. The first-order valence-electron chi connectivity index (χ1n) is 7.18. The van der Waals surface area contributed by atoms with E-state index in [1.807, 2.05) is 0 Å². The average Bonchev–Trinajstić information content (AvgIpc) is 2.97. The van der Waals surface area contributed by atoms with Gasteiger partial charge < -0.3 is 9.88 Å². The molecule has 10 heteroatoms. The molecule has 0 saturated carbocycles. The maximum absolute atomic E-state index is 12.7. The molecule has 0 aliphatic rings. The van der Waals surface area contributed by atoms with Gasteiger partial charge in [0.2, 0.25) is 5.91 Å². The zero-order valence-electron chi connectivity index (χ0n) is 12.7. The summed E-state index contributed by atoms with van der Waals surface area (Å²) in [6, 6.07) is 7.04. The van der Waals surface area contributed by atoms with Gasteiger partial charge in [0.15, 0.2) is 11.5 Å². The maximum atomic E-state index is 12.7. The van der Waals surface area contributed by atoms with Crippen molar-refractivity contribution in [1.82, 2.24) is 24.5 Å². The number of alkyl halides is 3. The third-order valence-corrected chi connectivity index (χ3v) is 3.47. The molecule has 130 valence electrons. The molecule has 0 bridgehead atoms. The molecule has 0 fully saturated rings. The quantitative estimate of drug-likeness (QED) is 0.767. The Kier molecular flexibility index (Phi) is 4.26. The number of aromatic nitrogens is 4. The molecule has 0 aliphatic heterocycles. The highest BCUT2D eigenvalue weighted by atomic mass is 19.4. The van der Waals surface area contributed by atoms with E-state index in [-0.39, 0.29) is 6.54 Å². The van der Waals surface area contributed by atoms with Crippen molar-refractivity contribution in [2.75, 3.05) is 0 Å². The average molecular weight is 351 g/mol. The zero-order valence-corrected chi connectivity index (χ0v) is 12.7. The fourth-order valence-corrected chi connectivity index (χ4v) is 2.28. The number of pyridine rings is 2. The Morgan fingerprint density at radius 2 is 1.92 bits per heavy atom. The second-order valence-electron chi connectivity index (χ2n) is 5.17. The Bertz CT molecular complexity index is 977. The lowest BCUT2D eigenvalue weighted by Gasteiger charge is -2.10. The highest BCUT2D eigenvalue weighted by Crippen LogP contribution is 2.25. The summed E-state index contributed by atoms with van der Waals surface area (Å²) in [6.07, 6.45) is -1.92. The molecule has 3 rings (SSSR count). The number of hydrogen-bond donors (Lipinski definition) is 1. The van der Waals surface area contributed by atoms with Gasteiger partial charge in [0.1, 0.15) is 12.1 Å². The van der Waals surface area contributed by atoms with E-state index < -0.39 is 29.8 Å². The van der Waals surface area contributed by atoms with Crippen molar-refractivity contribution in [2.45, 2.75) is 19.3 Å². The standard InChI is InChI=1S/C15H12F3N5O2/c16-15(17,18)10-4-3-6-22(14(10)25)9-13(24)19-8-12-21-20-11-5-1-2-7-23(11)12/h1-7H,8-9H2,(H,19,24). The summed E-state index contributed by atoms with van der Waals surface area (Å²) in [6.45, 7) is -0.503. The molecule has 0 unspecified atom stereocenters. The number of carbonyl (C=O) groups is 1. The van der Waals surface area contributed by atoms with Crippen LogP contribution in [-0.2, 0) is 24.1 Å². The van der Waals surface area contributed by atoms with Crippen molar-refractivity contribution in [2.24, 2.45) is 0 Å². The number of halogens is 3. The van der Waals surface area contributed by atoms with Crippen molar-refractivity contribution in [1.29, 1.82) is 0 Å². The van der Waals surface area contributed by atoms with Crippen LogP contribution in [0.1, 0.15) is 11.4 Å². The summed E-state index contributed by atoms with van der Waals surface area (Å²) < 4.78 is 40.5. The molecular formula is C15H12F3N5O2. The molecule has 0 atom stereocenters. The molecule has 7 nitrogen and oxygen atoms in total. The number of fused-ring (bicyclic) bond motifs is 1. The van der Waals surface area contributed by atoms with Crippen LogP contribution < -0.4 is 10.9 Å². The number of amides is 1. The van der Waals surface area contributed by atoms with Gasteiger partial charge in [-0.1, -0.05) is 6.07 Å². The molecule has 0 spiro atoms. The van der Waals surface area contributed by atoms with Crippen LogP contribution in [0.25, 0.3) is 5.65 Å². The topological polar surface area (TPSA) is 81.3 Å². The summed E-state index contributed by atoms with van der Waals surface area (Å²) in [5.74, 6) is -0.158. The molecule has 1 amide bonds. The van der Waals surface area contributed by atoms with E-state index in [2.05, 4.69) is 15.5 Å². The Labute approximate surface area is 138 Å². The molecule has 25 heavy (non-hydrogen) atoms. The number of nitrogens with one attached hydrogen (secondary N) is 1. The number of carbonyl (C=O) groups excluding carboxylic acids is 1. The molecule has 3 aromatic rings. The Balaban J connectivity index is 1.70. The lowest BCUT2D eigenvalue weighted by molar-refractivity contribution is -0.139. The van der Waals surface area contributed by atoms with Gasteiger partial charge in [0.25, 0.3) is 5.56 Å². The molecule has 0 radical (unpaired) electrons. The summed E-state index contributed by atoms with van der Waals surface area (Å²) >= 11 is 0. The van der Waals surface area contributed by atoms with E-state index in [9.17, 15) is 22.8 Å². The van der Waals surface area contributed by atoms with Crippen LogP contribution in [0.15, 0.2) is 47.5 Å². The van der Waals surface area contributed by atoms with Gasteiger partial charge in [-0.15, -0.1) is 10.2 Å². The van der Waals surface area contributed by atoms with Crippen molar-refractivity contribution in [3.63, 3.8) is 0 Å². The van der Waals surface area contributed by atoms with Gasteiger partial charge in [-0.2, -0.15) is 13.2 Å². The molecule has 3 aromatic heterocycles. The largest absolute Gasteiger partial charge is 0.421 e. The normalized spacial score (nSPS) is 11.6. The van der Waals surface area contributed by atoms with Gasteiger partial charge in [-0.05, 0) is 24.3 Å². The van der Waals surface area contributed by atoms with Crippen LogP contribution >= 0.6 is 0 Å². The first-order valence-corrected chi connectivity index (χ1v) is 7.18. The minimum absolute atomic E-state index is 0.0255. The van der Waals surface area contributed by atoms with Crippen molar-refractivity contribution < 1.29 is 18.0 Å². The van der Waals surface area contributed by atoms with E-state index >= 15 is 0 Å². The molecular weight excluding hydrogens is 339 g/mol. The zero-order chi connectivity index (χ0) is 18.0.